The molecule has 0 saturated heterocycles. The summed E-state index contributed by atoms with van der Waals surface area (Å²) in [4.78, 5) is 0.225. The van der Waals surface area contributed by atoms with Crippen LogP contribution in [0.1, 0.15) is 24.1 Å². The number of hydrogen-bond donors (Lipinski definition) is 2. The van der Waals surface area contributed by atoms with Crippen LogP contribution in [0.3, 0.4) is 0 Å². The average Bonchev–Trinajstić information content (AvgIpc) is 2.99. The quantitative estimate of drug-likeness (QED) is 0.847. The molecule has 0 spiro atoms. The summed E-state index contributed by atoms with van der Waals surface area (Å²) in [5, 5.41) is 3.85. The molecular weight excluding hydrogens is 304 g/mol. The average molecular weight is 320 g/mol. The van der Waals surface area contributed by atoms with Crippen molar-refractivity contribution < 1.29 is 8.42 Å². The monoisotopic (exact) mass is 320 g/mol. The van der Waals surface area contributed by atoms with E-state index in [1.165, 1.54) is 11.3 Å². The molecule has 1 atom stereocenters. The van der Waals surface area contributed by atoms with E-state index in [9.17, 15) is 8.42 Å². The number of rotatable bonds is 4. The lowest BCUT2D eigenvalue weighted by molar-refractivity contribution is 0.567. The van der Waals surface area contributed by atoms with Gasteiger partial charge < -0.3 is 5.73 Å². The van der Waals surface area contributed by atoms with Crippen molar-refractivity contribution in [3.63, 3.8) is 0 Å². The molecule has 110 valence electrons. The summed E-state index contributed by atoms with van der Waals surface area (Å²) < 4.78 is 27.3. The van der Waals surface area contributed by atoms with Gasteiger partial charge in [-0.05, 0) is 53.6 Å². The Kier molecular flexibility index (Phi) is 5.15. The number of benzene rings is 1. The van der Waals surface area contributed by atoms with Crippen LogP contribution in [0.15, 0.2) is 46.0 Å². The SMILES string of the molecule is CC(NS(=O)(=O)c1ccc(C#CCN)cc1)c1ccsc1. The van der Waals surface area contributed by atoms with Gasteiger partial charge in [-0.2, -0.15) is 11.3 Å². The van der Waals surface area contributed by atoms with Gasteiger partial charge in [0.2, 0.25) is 10.0 Å². The fraction of sp³-hybridized carbons (Fsp3) is 0.200. The molecule has 1 aromatic carbocycles. The fourth-order valence-electron chi connectivity index (χ4n) is 1.76. The zero-order valence-electron chi connectivity index (χ0n) is 11.5. The summed E-state index contributed by atoms with van der Waals surface area (Å²) in [7, 11) is -3.54. The lowest BCUT2D eigenvalue weighted by Crippen LogP contribution is -2.26. The molecule has 0 saturated carbocycles. The van der Waals surface area contributed by atoms with Crippen LogP contribution in [0, 0.1) is 11.8 Å². The summed E-state index contributed by atoms with van der Waals surface area (Å²) in [5.74, 6) is 5.58. The molecule has 0 aliphatic rings. The zero-order chi connectivity index (χ0) is 15.3. The maximum absolute atomic E-state index is 12.3. The Hall–Kier alpha value is -1.65. The van der Waals surface area contributed by atoms with Gasteiger partial charge in [0, 0.05) is 11.6 Å². The maximum atomic E-state index is 12.3. The predicted octanol–water partition coefficient (Wildman–Crippen LogP) is 2.10. The van der Waals surface area contributed by atoms with Crippen molar-refractivity contribution in [1.29, 1.82) is 0 Å². The Morgan fingerprint density at radius 1 is 1.29 bits per heavy atom. The van der Waals surface area contributed by atoms with Crippen LogP contribution in [-0.2, 0) is 10.0 Å². The van der Waals surface area contributed by atoms with Crippen LogP contribution in [0.2, 0.25) is 0 Å². The normalized spacial score (nSPS) is 12.5. The van der Waals surface area contributed by atoms with Crippen molar-refractivity contribution in [3.05, 3.63) is 52.2 Å². The molecule has 6 heteroatoms. The van der Waals surface area contributed by atoms with Crippen LogP contribution in [0.5, 0.6) is 0 Å². The summed E-state index contributed by atoms with van der Waals surface area (Å²) in [6.45, 7) is 2.10. The van der Waals surface area contributed by atoms with E-state index in [-0.39, 0.29) is 17.5 Å². The Morgan fingerprint density at radius 2 is 2.00 bits per heavy atom. The molecule has 2 aromatic rings. The second-order valence-corrected chi connectivity index (χ2v) is 6.92. The van der Waals surface area contributed by atoms with Crippen LogP contribution in [-0.4, -0.2) is 15.0 Å². The molecule has 3 N–H and O–H groups in total. The van der Waals surface area contributed by atoms with E-state index < -0.39 is 10.0 Å². The third-order valence-electron chi connectivity index (χ3n) is 2.87. The molecule has 0 radical (unpaired) electrons. The van der Waals surface area contributed by atoms with Gasteiger partial charge in [0.1, 0.15) is 0 Å². The molecule has 4 nitrogen and oxygen atoms in total. The van der Waals surface area contributed by atoms with E-state index >= 15 is 0 Å². The van der Waals surface area contributed by atoms with Crippen LogP contribution >= 0.6 is 11.3 Å². The van der Waals surface area contributed by atoms with E-state index in [2.05, 4.69) is 16.6 Å². The van der Waals surface area contributed by atoms with Gasteiger partial charge in [0.15, 0.2) is 0 Å². The van der Waals surface area contributed by atoms with Gasteiger partial charge >= 0.3 is 0 Å². The second kappa shape index (κ2) is 6.87. The highest BCUT2D eigenvalue weighted by Crippen LogP contribution is 2.19. The number of hydrogen-bond acceptors (Lipinski definition) is 4. The molecule has 0 amide bonds. The first-order chi connectivity index (χ1) is 10.0. The van der Waals surface area contributed by atoms with Gasteiger partial charge in [-0.15, -0.1) is 0 Å². The van der Waals surface area contributed by atoms with E-state index in [1.807, 2.05) is 23.8 Å². The fourth-order valence-corrected chi connectivity index (χ4v) is 3.75. The van der Waals surface area contributed by atoms with Gasteiger partial charge in [0.05, 0.1) is 11.4 Å². The van der Waals surface area contributed by atoms with Crippen molar-refractivity contribution in [1.82, 2.24) is 4.72 Å². The molecular formula is C15H16N2O2S2. The molecule has 0 fully saturated rings. The number of thiophene rings is 1. The molecule has 1 aromatic heterocycles. The second-order valence-electron chi connectivity index (χ2n) is 4.43. The van der Waals surface area contributed by atoms with E-state index in [0.717, 1.165) is 11.1 Å². The third kappa shape index (κ3) is 4.16. The molecule has 0 bridgehead atoms. The number of nitrogens with one attached hydrogen (secondary N) is 1. The topological polar surface area (TPSA) is 72.2 Å². The van der Waals surface area contributed by atoms with E-state index in [4.69, 9.17) is 5.73 Å². The first kappa shape index (κ1) is 15.7. The summed E-state index contributed by atoms with van der Waals surface area (Å²) in [6, 6.07) is 8.08. The molecule has 21 heavy (non-hydrogen) atoms. The highest BCUT2D eigenvalue weighted by molar-refractivity contribution is 7.89. The van der Waals surface area contributed by atoms with Gasteiger partial charge in [0.25, 0.3) is 0 Å². The van der Waals surface area contributed by atoms with Gasteiger partial charge in [-0.25, -0.2) is 13.1 Å². The largest absolute Gasteiger partial charge is 0.320 e. The van der Waals surface area contributed by atoms with E-state index in [1.54, 1.807) is 24.3 Å². The smallest absolute Gasteiger partial charge is 0.241 e. The Balaban J connectivity index is 2.16. The minimum atomic E-state index is -3.54. The van der Waals surface area contributed by atoms with Crippen LogP contribution in [0.4, 0.5) is 0 Å². The van der Waals surface area contributed by atoms with Crippen molar-refractivity contribution in [3.8, 4) is 11.8 Å². The highest BCUT2D eigenvalue weighted by atomic mass is 32.2. The van der Waals surface area contributed by atoms with Gasteiger partial charge in [-0.3, -0.25) is 0 Å². The van der Waals surface area contributed by atoms with Crippen molar-refractivity contribution in [2.75, 3.05) is 6.54 Å². The van der Waals surface area contributed by atoms with Crippen LogP contribution in [0.25, 0.3) is 0 Å². The lowest BCUT2D eigenvalue weighted by Gasteiger charge is -2.13. The predicted molar refractivity (Wildman–Crippen MR) is 85.4 cm³/mol. The molecule has 2 rings (SSSR count). The standard InChI is InChI=1S/C15H16N2O2S2/c1-12(14-8-10-20-11-14)17-21(18,19)15-6-4-13(5-7-15)3-2-9-16/h4-8,10-12,17H,9,16H2,1H3. The molecule has 1 heterocycles. The van der Waals surface area contributed by atoms with Gasteiger partial charge in [-0.1, -0.05) is 11.8 Å². The summed E-state index contributed by atoms with van der Waals surface area (Å²) in [5.41, 5.74) is 6.99. The zero-order valence-corrected chi connectivity index (χ0v) is 13.2. The maximum Gasteiger partial charge on any atom is 0.241 e. The first-order valence-electron chi connectivity index (χ1n) is 6.36. The lowest BCUT2D eigenvalue weighted by atomic mass is 10.2. The third-order valence-corrected chi connectivity index (χ3v) is 5.13. The minimum Gasteiger partial charge on any atom is -0.320 e. The molecule has 0 aliphatic carbocycles. The Labute approximate surface area is 129 Å². The van der Waals surface area contributed by atoms with Crippen LogP contribution < -0.4 is 10.5 Å². The first-order valence-corrected chi connectivity index (χ1v) is 8.79. The Bertz CT molecular complexity index is 739. The van der Waals surface area contributed by atoms with Crippen molar-refractivity contribution in [2.24, 2.45) is 5.73 Å². The summed E-state index contributed by atoms with van der Waals surface area (Å²) >= 11 is 1.54. The molecule has 0 aliphatic heterocycles. The van der Waals surface area contributed by atoms with Crippen molar-refractivity contribution in [2.45, 2.75) is 17.9 Å². The van der Waals surface area contributed by atoms with E-state index in [0.29, 0.717) is 0 Å². The highest BCUT2D eigenvalue weighted by Gasteiger charge is 2.18. The number of sulfonamides is 1. The number of nitrogens with two attached hydrogens (primary N) is 1. The minimum absolute atomic E-state index is 0.225. The van der Waals surface area contributed by atoms with Crippen molar-refractivity contribution >= 4 is 21.4 Å². The Morgan fingerprint density at radius 3 is 2.57 bits per heavy atom. The molecule has 1 unspecified atom stereocenters. The summed E-state index contributed by atoms with van der Waals surface area (Å²) in [6.07, 6.45) is 0.